The Morgan fingerprint density at radius 3 is 2.24 bits per heavy atom. The third-order valence-corrected chi connectivity index (χ3v) is 7.06. The van der Waals surface area contributed by atoms with Crippen LogP contribution in [0.5, 0.6) is 0 Å². The molecule has 4 N–H and O–H groups in total. The van der Waals surface area contributed by atoms with Crippen molar-refractivity contribution in [2.24, 2.45) is 5.73 Å². The number of carbonyl (C=O) groups excluding carboxylic acids is 5. The highest BCUT2D eigenvalue weighted by molar-refractivity contribution is 6.05. The lowest BCUT2D eigenvalue weighted by Crippen LogP contribution is -2.52. The van der Waals surface area contributed by atoms with E-state index in [9.17, 15) is 19.2 Å². The fourth-order valence-electron chi connectivity index (χ4n) is 4.87. The van der Waals surface area contributed by atoms with Gasteiger partial charge in [-0.25, -0.2) is 0 Å². The van der Waals surface area contributed by atoms with Gasteiger partial charge in [-0.2, -0.15) is 0 Å². The summed E-state index contributed by atoms with van der Waals surface area (Å²) in [4.78, 5) is 58.5. The highest BCUT2D eigenvalue weighted by Crippen LogP contribution is 2.28. The molecule has 1 saturated heterocycles. The van der Waals surface area contributed by atoms with Gasteiger partial charge in [-0.1, -0.05) is 42.5 Å². The molecule has 0 aliphatic carbocycles. The molecule has 4 amide bonds. The Kier molecular flexibility index (Phi) is 12.2. The average Bonchev–Trinajstić information content (AvgIpc) is 3.32. The first-order valence-corrected chi connectivity index (χ1v) is 14.6. The van der Waals surface area contributed by atoms with Crippen LogP contribution in [0.25, 0.3) is 0 Å². The molecule has 1 atom stereocenters. The van der Waals surface area contributed by atoms with E-state index in [4.69, 9.17) is 4.79 Å². The molecule has 2 aliphatic rings. The molecule has 2 heterocycles. The molecule has 0 aromatic heterocycles. The average molecular weight is 616 g/mol. The number of primary amides is 1. The predicted octanol–water partition coefficient (Wildman–Crippen LogP) is 3.76. The Hall–Kier alpha value is -5.19. The number of hydrogen-bond donors (Lipinski definition) is 3. The number of ether oxygens (including phenoxy) is 1. The van der Waals surface area contributed by atoms with Crippen LogP contribution in [0.1, 0.15) is 60.7 Å². The van der Waals surface area contributed by atoms with E-state index in [1.165, 1.54) is 5.56 Å². The van der Waals surface area contributed by atoms with Gasteiger partial charge in [0.2, 0.25) is 18.2 Å². The second-order valence-corrected chi connectivity index (χ2v) is 11.6. The number of nitrogens with one attached hydrogen (secondary N) is 2. The molecular weight excluding hydrogens is 574 g/mol. The summed E-state index contributed by atoms with van der Waals surface area (Å²) in [5.74, 6) is -0.814. The van der Waals surface area contributed by atoms with Crippen molar-refractivity contribution in [1.29, 1.82) is 0 Å². The van der Waals surface area contributed by atoms with Crippen molar-refractivity contribution < 1.29 is 28.7 Å². The zero-order chi connectivity index (χ0) is 33.0. The number of amides is 4. The number of piperidine rings is 1. The lowest BCUT2D eigenvalue weighted by atomic mass is 10.0. The van der Waals surface area contributed by atoms with E-state index in [-0.39, 0.29) is 36.2 Å². The van der Waals surface area contributed by atoms with Gasteiger partial charge in [-0.3, -0.25) is 29.3 Å². The first kappa shape index (κ1) is 34.3. The number of benzene rings is 3. The first-order chi connectivity index (χ1) is 21.4. The van der Waals surface area contributed by atoms with E-state index in [2.05, 4.69) is 81.6 Å². The van der Waals surface area contributed by atoms with E-state index in [0.29, 0.717) is 31.5 Å². The summed E-state index contributed by atoms with van der Waals surface area (Å²) in [5, 5.41) is 5.79. The van der Waals surface area contributed by atoms with Crippen LogP contribution in [-0.4, -0.2) is 54.2 Å². The molecule has 0 saturated carbocycles. The Bertz CT molecular complexity index is 1470. The zero-order valence-electron chi connectivity index (χ0n) is 26.1. The molecule has 3 aromatic carbocycles. The summed E-state index contributed by atoms with van der Waals surface area (Å²) < 4.78 is 4.55. The Balaban J connectivity index is 0.000000482. The van der Waals surface area contributed by atoms with Crippen molar-refractivity contribution in [1.82, 2.24) is 10.2 Å². The van der Waals surface area contributed by atoms with Crippen molar-refractivity contribution in [3.63, 3.8) is 0 Å². The topological polar surface area (TPSA) is 151 Å². The number of nitrogens with two attached hydrogens (primary N) is 1. The molecule has 3 aromatic rings. The monoisotopic (exact) mass is 615 g/mol. The number of carbonyl (C=O) groups is 5. The van der Waals surface area contributed by atoms with Crippen LogP contribution in [0, 0.1) is 0 Å². The van der Waals surface area contributed by atoms with Gasteiger partial charge in [-0.05, 0) is 74.2 Å². The summed E-state index contributed by atoms with van der Waals surface area (Å²) in [5.41, 5.74) is 9.88. The molecule has 5 rings (SSSR count). The van der Waals surface area contributed by atoms with Gasteiger partial charge in [-0.15, -0.1) is 0 Å². The van der Waals surface area contributed by atoms with Gasteiger partial charge in [0.25, 0.3) is 12.4 Å². The minimum absolute atomic E-state index is 0.149. The van der Waals surface area contributed by atoms with Crippen molar-refractivity contribution in [2.45, 2.75) is 64.9 Å². The molecule has 0 bridgehead atoms. The number of anilines is 2. The number of rotatable bonds is 8. The normalized spacial score (nSPS) is 15.3. The van der Waals surface area contributed by atoms with Crippen LogP contribution in [0.3, 0.4) is 0 Å². The van der Waals surface area contributed by atoms with E-state index in [1.54, 1.807) is 4.90 Å². The van der Waals surface area contributed by atoms with Gasteiger partial charge < -0.3 is 25.6 Å². The second-order valence-electron chi connectivity index (χ2n) is 11.6. The molecule has 45 heavy (non-hydrogen) atoms. The zero-order valence-corrected chi connectivity index (χ0v) is 26.1. The summed E-state index contributed by atoms with van der Waals surface area (Å²) in [7, 11) is 2.08. The Labute approximate surface area is 263 Å². The third kappa shape index (κ3) is 10.2. The molecule has 11 nitrogen and oxygen atoms in total. The predicted molar refractivity (Wildman–Crippen MR) is 172 cm³/mol. The Morgan fingerprint density at radius 1 is 1.00 bits per heavy atom. The molecule has 1 fully saturated rings. The van der Waals surface area contributed by atoms with Crippen molar-refractivity contribution in [3.05, 3.63) is 95.1 Å². The van der Waals surface area contributed by atoms with Crippen LogP contribution in [0.2, 0.25) is 0 Å². The van der Waals surface area contributed by atoms with Crippen LogP contribution < -0.4 is 21.3 Å². The molecule has 2 aliphatic heterocycles. The minimum Gasteiger partial charge on any atom is -0.462 e. The lowest BCUT2D eigenvalue weighted by molar-refractivity contribution is -0.139. The summed E-state index contributed by atoms with van der Waals surface area (Å²) in [6, 6.07) is 23.9. The SMILES string of the molecule is CC(C)(C)OC=O.CN(Cc1ccccc1)c1ccc(NCc2ccc3c(c2)CN(C2CCC(=O)NC2=O)C3=O)cc1.NC=O. The van der Waals surface area contributed by atoms with Crippen LogP contribution in [0.15, 0.2) is 72.8 Å². The van der Waals surface area contributed by atoms with Crippen molar-refractivity contribution in [2.75, 3.05) is 17.3 Å². The number of nitrogens with zero attached hydrogens (tertiary/aromatic N) is 2. The fraction of sp³-hybridized carbons (Fsp3) is 0.324. The van der Waals surface area contributed by atoms with E-state index in [1.807, 2.05) is 45.0 Å². The quantitative estimate of drug-likeness (QED) is 0.256. The molecular formula is C34H41N5O6. The molecule has 0 spiro atoms. The summed E-state index contributed by atoms with van der Waals surface area (Å²) in [6.07, 6.45) is 0.877. The fourth-order valence-corrected chi connectivity index (χ4v) is 4.87. The maximum absolute atomic E-state index is 12.9. The molecule has 238 valence electrons. The first-order valence-electron chi connectivity index (χ1n) is 14.6. The van der Waals surface area contributed by atoms with Gasteiger partial charge in [0.05, 0.1) is 0 Å². The number of imide groups is 1. The van der Waals surface area contributed by atoms with Crippen molar-refractivity contribution >= 4 is 42.0 Å². The summed E-state index contributed by atoms with van der Waals surface area (Å²) >= 11 is 0. The van der Waals surface area contributed by atoms with Gasteiger partial charge in [0.15, 0.2) is 0 Å². The Morgan fingerprint density at radius 2 is 1.67 bits per heavy atom. The standard InChI is InChI=1S/C28H28N4O3.C5H10O2.CH3NO/c1-31(17-19-5-3-2-4-6-19)23-10-8-22(9-11-23)29-16-20-7-12-24-21(15-20)18-32(28(24)35)25-13-14-26(33)30-27(25)34;1-5(2,3)7-4-6;2-1-3/h2-12,15,25,29H,13-14,16-18H2,1H3,(H,30,33,34);4H,1-3H3;1H,(H2,2,3). The lowest BCUT2D eigenvalue weighted by Gasteiger charge is -2.29. The van der Waals surface area contributed by atoms with Gasteiger partial charge in [0.1, 0.15) is 11.6 Å². The maximum Gasteiger partial charge on any atom is 0.293 e. The smallest absolute Gasteiger partial charge is 0.293 e. The largest absolute Gasteiger partial charge is 0.462 e. The van der Waals surface area contributed by atoms with Crippen LogP contribution >= 0.6 is 0 Å². The van der Waals surface area contributed by atoms with E-state index in [0.717, 1.165) is 29.0 Å². The van der Waals surface area contributed by atoms with Gasteiger partial charge >= 0.3 is 0 Å². The summed E-state index contributed by atoms with van der Waals surface area (Å²) in [6.45, 7) is 7.78. The van der Waals surface area contributed by atoms with E-state index >= 15 is 0 Å². The highest BCUT2D eigenvalue weighted by atomic mass is 16.5. The molecule has 1 unspecified atom stereocenters. The maximum atomic E-state index is 12.9. The molecule has 11 heteroatoms. The van der Waals surface area contributed by atoms with Crippen LogP contribution in [-0.2, 0) is 43.5 Å². The highest BCUT2D eigenvalue weighted by Gasteiger charge is 2.39. The second kappa shape index (κ2) is 16.0. The van der Waals surface area contributed by atoms with Crippen molar-refractivity contribution in [3.8, 4) is 0 Å². The third-order valence-electron chi connectivity index (χ3n) is 7.06. The number of fused-ring (bicyclic) bond motifs is 1. The van der Waals surface area contributed by atoms with Gasteiger partial charge in [0, 0.05) is 50.0 Å². The number of hydrogen-bond acceptors (Lipinski definition) is 8. The minimum atomic E-state index is -0.590. The van der Waals surface area contributed by atoms with E-state index < -0.39 is 6.04 Å². The van der Waals surface area contributed by atoms with Crippen LogP contribution in [0.4, 0.5) is 11.4 Å². The molecule has 0 radical (unpaired) electrons.